The van der Waals surface area contributed by atoms with Crippen molar-refractivity contribution in [1.82, 2.24) is 9.78 Å². The lowest BCUT2D eigenvalue weighted by Gasteiger charge is -1.99. The van der Waals surface area contributed by atoms with Crippen molar-refractivity contribution in [3.63, 3.8) is 0 Å². The topological polar surface area (TPSA) is 165 Å². The SMILES string of the molecule is Nc1cnn(CCO)c1N.O=S(=O)(O)O. The van der Waals surface area contributed by atoms with Crippen LogP contribution in [0.2, 0.25) is 0 Å². The number of anilines is 2. The molecule has 0 aliphatic carbocycles. The number of nitrogens with zero attached hydrogens (tertiary/aromatic N) is 2. The van der Waals surface area contributed by atoms with Gasteiger partial charge < -0.3 is 16.6 Å². The summed E-state index contributed by atoms with van der Waals surface area (Å²) < 4.78 is 33.0. The number of aliphatic hydroxyl groups is 1. The largest absolute Gasteiger partial charge is 0.394 e. The second-order valence-corrected chi connectivity index (χ2v) is 3.28. The first-order valence-corrected chi connectivity index (χ1v) is 5.03. The van der Waals surface area contributed by atoms with Crippen LogP contribution >= 0.6 is 0 Å². The number of aliphatic hydroxyl groups excluding tert-OH is 1. The molecule has 0 amide bonds. The van der Waals surface area contributed by atoms with E-state index in [-0.39, 0.29) is 6.61 Å². The molecule has 0 radical (unpaired) electrons. The zero-order valence-electron chi connectivity index (χ0n) is 7.61. The third kappa shape index (κ3) is 6.68. The first kappa shape index (κ1) is 13.6. The average Bonchev–Trinajstić information content (AvgIpc) is 2.34. The third-order valence-electron chi connectivity index (χ3n) is 1.22. The Morgan fingerprint density at radius 3 is 2.13 bits per heavy atom. The maximum atomic E-state index is 8.74. The average molecular weight is 240 g/mol. The van der Waals surface area contributed by atoms with Gasteiger partial charge in [0.2, 0.25) is 0 Å². The van der Waals surface area contributed by atoms with E-state index in [1.807, 2.05) is 0 Å². The number of nitrogens with two attached hydrogens (primary N) is 2. The van der Waals surface area contributed by atoms with Crippen molar-refractivity contribution in [3.8, 4) is 0 Å². The monoisotopic (exact) mass is 240 g/mol. The van der Waals surface area contributed by atoms with E-state index < -0.39 is 10.4 Å². The van der Waals surface area contributed by atoms with Crippen LogP contribution in [0.5, 0.6) is 0 Å². The van der Waals surface area contributed by atoms with Gasteiger partial charge in [-0.15, -0.1) is 0 Å². The van der Waals surface area contributed by atoms with Gasteiger partial charge >= 0.3 is 10.4 Å². The molecule has 0 aromatic carbocycles. The predicted molar refractivity (Wildman–Crippen MR) is 52.3 cm³/mol. The smallest absolute Gasteiger partial charge is 0.394 e. The highest BCUT2D eigenvalue weighted by Gasteiger charge is 2.00. The fourth-order valence-electron chi connectivity index (χ4n) is 0.682. The molecule has 0 spiro atoms. The van der Waals surface area contributed by atoms with Gasteiger partial charge in [0.15, 0.2) is 0 Å². The summed E-state index contributed by atoms with van der Waals surface area (Å²) in [5, 5.41) is 12.3. The van der Waals surface area contributed by atoms with Crippen molar-refractivity contribution in [3.05, 3.63) is 6.20 Å². The summed E-state index contributed by atoms with van der Waals surface area (Å²) in [6, 6.07) is 0. The first-order valence-electron chi connectivity index (χ1n) is 3.63. The van der Waals surface area contributed by atoms with Gasteiger partial charge in [0.25, 0.3) is 0 Å². The Balaban J connectivity index is 0.000000336. The van der Waals surface area contributed by atoms with E-state index in [0.29, 0.717) is 18.1 Å². The van der Waals surface area contributed by atoms with Gasteiger partial charge in [-0.25, -0.2) is 4.68 Å². The molecular weight excluding hydrogens is 228 g/mol. The first-order chi connectivity index (χ1) is 6.75. The minimum atomic E-state index is -4.67. The Kier molecular flexibility index (Phi) is 5.00. The summed E-state index contributed by atoms with van der Waals surface area (Å²) in [4.78, 5) is 0. The van der Waals surface area contributed by atoms with Gasteiger partial charge in [0.1, 0.15) is 5.82 Å². The number of aromatic nitrogens is 2. The second kappa shape index (κ2) is 5.50. The summed E-state index contributed by atoms with van der Waals surface area (Å²) in [7, 11) is -4.67. The highest BCUT2D eigenvalue weighted by atomic mass is 32.3. The highest BCUT2D eigenvalue weighted by Crippen LogP contribution is 2.11. The van der Waals surface area contributed by atoms with Gasteiger partial charge in [-0.05, 0) is 0 Å². The molecule has 1 rings (SSSR count). The maximum Gasteiger partial charge on any atom is 0.394 e. The molecule has 0 bridgehead atoms. The van der Waals surface area contributed by atoms with Gasteiger partial charge in [-0.3, -0.25) is 9.11 Å². The Hall–Kier alpha value is -1.36. The van der Waals surface area contributed by atoms with Gasteiger partial charge in [0.05, 0.1) is 25.0 Å². The highest BCUT2D eigenvalue weighted by molar-refractivity contribution is 7.79. The van der Waals surface area contributed by atoms with Crippen LogP contribution in [0.3, 0.4) is 0 Å². The predicted octanol–water partition coefficient (Wildman–Crippen LogP) is -1.61. The normalized spacial score (nSPS) is 10.6. The molecular formula is C5H12N4O5S. The van der Waals surface area contributed by atoms with E-state index in [0.717, 1.165) is 0 Å². The second-order valence-electron chi connectivity index (χ2n) is 2.38. The lowest BCUT2D eigenvalue weighted by molar-refractivity contribution is 0.270. The number of hydrogen-bond donors (Lipinski definition) is 5. The van der Waals surface area contributed by atoms with Gasteiger partial charge in [-0.2, -0.15) is 13.5 Å². The third-order valence-corrected chi connectivity index (χ3v) is 1.22. The van der Waals surface area contributed by atoms with E-state index in [9.17, 15) is 0 Å². The van der Waals surface area contributed by atoms with Crippen LogP contribution in [0, 0.1) is 0 Å². The van der Waals surface area contributed by atoms with E-state index in [1.165, 1.54) is 10.9 Å². The summed E-state index contributed by atoms with van der Waals surface area (Å²) in [6.45, 7) is 0.411. The quantitative estimate of drug-likeness (QED) is 0.385. The van der Waals surface area contributed by atoms with Crippen molar-refractivity contribution >= 4 is 21.9 Å². The molecule has 15 heavy (non-hydrogen) atoms. The lowest BCUT2D eigenvalue weighted by Crippen LogP contribution is -2.07. The molecule has 1 aromatic heterocycles. The van der Waals surface area contributed by atoms with Crippen molar-refractivity contribution in [2.75, 3.05) is 18.1 Å². The molecule has 9 nitrogen and oxygen atoms in total. The molecule has 0 atom stereocenters. The van der Waals surface area contributed by atoms with Crippen LogP contribution in [0.4, 0.5) is 11.5 Å². The molecule has 88 valence electrons. The summed E-state index contributed by atoms with van der Waals surface area (Å²) >= 11 is 0. The van der Waals surface area contributed by atoms with Gasteiger partial charge in [0, 0.05) is 0 Å². The van der Waals surface area contributed by atoms with Crippen molar-refractivity contribution in [2.24, 2.45) is 0 Å². The summed E-state index contributed by atoms with van der Waals surface area (Å²) in [6.07, 6.45) is 1.46. The molecule has 1 heterocycles. The molecule has 0 aliphatic rings. The van der Waals surface area contributed by atoms with Crippen LogP contribution in [0.15, 0.2) is 6.20 Å². The van der Waals surface area contributed by atoms with Crippen LogP contribution in [0.1, 0.15) is 0 Å². The number of rotatable bonds is 2. The minimum absolute atomic E-state index is 0.0192. The van der Waals surface area contributed by atoms with Crippen molar-refractivity contribution in [2.45, 2.75) is 6.54 Å². The fourth-order valence-corrected chi connectivity index (χ4v) is 0.682. The molecule has 1 aromatic rings. The van der Waals surface area contributed by atoms with E-state index in [2.05, 4.69) is 5.10 Å². The Bertz CT molecular complexity index is 392. The zero-order chi connectivity index (χ0) is 12.1. The fraction of sp³-hybridized carbons (Fsp3) is 0.400. The van der Waals surface area contributed by atoms with Crippen LogP contribution in [-0.4, -0.2) is 39.0 Å². The Morgan fingerprint density at radius 2 is 1.87 bits per heavy atom. The summed E-state index contributed by atoms with van der Waals surface area (Å²) in [5.74, 6) is 0.411. The number of hydrogen-bond acceptors (Lipinski definition) is 6. The number of nitrogen functional groups attached to an aromatic ring is 2. The summed E-state index contributed by atoms with van der Waals surface area (Å²) in [5.41, 5.74) is 11.3. The minimum Gasteiger partial charge on any atom is -0.394 e. The van der Waals surface area contributed by atoms with Crippen molar-refractivity contribution < 1.29 is 22.6 Å². The Morgan fingerprint density at radius 1 is 1.40 bits per heavy atom. The van der Waals surface area contributed by atoms with Crippen molar-refractivity contribution in [1.29, 1.82) is 0 Å². The van der Waals surface area contributed by atoms with E-state index in [4.69, 9.17) is 34.1 Å². The van der Waals surface area contributed by atoms with Crippen LogP contribution in [0.25, 0.3) is 0 Å². The van der Waals surface area contributed by atoms with Crippen LogP contribution < -0.4 is 11.5 Å². The van der Waals surface area contributed by atoms with Gasteiger partial charge in [-0.1, -0.05) is 0 Å². The molecule has 0 aliphatic heterocycles. The Labute approximate surface area is 85.9 Å². The molecule has 0 saturated heterocycles. The van der Waals surface area contributed by atoms with E-state index >= 15 is 0 Å². The molecule has 0 unspecified atom stereocenters. The maximum absolute atomic E-state index is 8.74. The molecule has 0 fully saturated rings. The molecule has 7 N–H and O–H groups in total. The zero-order valence-corrected chi connectivity index (χ0v) is 8.42. The van der Waals surface area contributed by atoms with Crippen LogP contribution in [-0.2, 0) is 16.9 Å². The lowest BCUT2D eigenvalue weighted by atomic mass is 10.5. The molecule has 10 heteroatoms. The standard InChI is InChI=1S/C5H10N4O.H2O4S/c6-4-3-8-9(1-2-10)5(4)7;1-5(2,3)4/h3,10H,1-2,6-7H2;(H2,1,2,3,4). The van der Waals surface area contributed by atoms with E-state index in [1.54, 1.807) is 0 Å². The molecule has 0 saturated carbocycles.